The molecule has 160 valence electrons. The Morgan fingerprint density at radius 1 is 1.18 bits per heavy atom. The van der Waals surface area contributed by atoms with E-state index >= 15 is 0 Å². The van der Waals surface area contributed by atoms with Gasteiger partial charge in [0.25, 0.3) is 5.56 Å². The molecule has 2 rings (SSSR count). The second-order valence-electron chi connectivity index (χ2n) is 5.20. The number of hydrogen-bond donors (Lipinski definition) is 6. The first-order valence-corrected chi connectivity index (χ1v) is 11.5. The molecule has 0 saturated carbocycles. The number of phosphoric acid groups is 3. The van der Waals surface area contributed by atoms with Crippen LogP contribution in [0.1, 0.15) is 12.6 Å². The summed E-state index contributed by atoms with van der Waals surface area (Å²) in [6.45, 7) is -0.903. The summed E-state index contributed by atoms with van der Waals surface area (Å²) in [6.07, 6.45) is -3.32. The lowest BCUT2D eigenvalue weighted by atomic mass is 10.2. The van der Waals surface area contributed by atoms with Crippen molar-refractivity contribution in [2.24, 2.45) is 0 Å². The van der Waals surface area contributed by atoms with Crippen molar-refractivity contribution in [1.29, 1.82) is 0 Å². The van der Waals surface area contributed by atoms with E-state index in [1.165, 1.54) is 0 Å². The Bertz CT molecular complexity index is 967. The Balaban J connectivity index is 1.99. The van der Waals surface area contributed by atoms with Crippen molar-refractivity contribution in [2.45, 2.75) is 24.9 Å². The Morgan fingerprint density at radius 2 is 1.82 bits per heavy atom. The molecular weight excluding hydrogens is 455 g/mol. The highest BCUT2D eigenvalue weighted by Crippen LogP contribution is 2.66. The SMILES string of the molecule is O=c1cnn([C@H]2C[C@H](O)[C@@H](COP(=O)(O)OP(=O)(O)OP(=O)(O)O)O2)c(=O)[nH]1. The summed E-state index contributed by atoms with van der Waals surface area (Å²) < 4.78 is 50.6. The number of aliphatic hydroxyl groups is 1. The van der Waals surface area contributed by atoms with Gasteiger partial charge in [0, 0.05) is 6.42 Å². The second-order valence-corrected chi connectivity index (χ2v) is 9.62. The van der Waals surface area contributed by atoms with E-state index in [4.69, 9.17) is 19.4 Å². The lowest BCUT2D eigenvalue weighted by Crippen LogP contribution is -2.34. The fourth-order valence-electron chi connectivity index (χ4n) is 2.05. The third-order valence-electron chi connectivity index (χ3n) is 3.03. The van der Waals surface area contributed by atoms with Crippen molar-refractivity contribution < 1.29 is 56.3 Å². The molecule has 28 heavy (non-hydrogen) atoms. The zero-order chi connectivity index (χ0) is 21.3. The average molecular weight is 469 g/mol. The maximum absolute atomic E-state index is 11.6. The second kappa shape index (κ2) is 8.36. The molecule has 0 spiro atoms. The molecular formula is C8H14N3O14P3. The van der Waals surface area contributed by atoms with Crippen LogP contribution in [0.4, 0.5) is 0 Å². The van der Waals surface area contributed by atoms with Crippen molar-refractivity contribution in [3.63, 3.8) is 0 Å². The number of rotatable bonds is 8. The van der Waals surface area contributed by atoms with Crippen LogP contribution in [0.15, 0.2) is 15.8 Å². The van der Waals surface area contributed by atoms with E-state index < -0.39 is 59.8 Å². The van der Waals surface area contributed by atoms with Gasteiger partial charge in [0.15, 0.2) is 6.23 Å². The van der Waals surface area contributed by atoms with Crippen LogP contribution in [0.25, 0.3) is 0 Å². The summed E-state index contributed by atoms with van der Waals surface area (Å²) in [5.41, 5.74) is -1.72. The number of nitrogens with zero attached hydrogens (tertiary/aromatic N) is 2. The molecule has 20 heteroatoms. The third-order valence-corrected chi connectivity index (χ3v) is 6.84. The van der Waals surface area contributed by atoms with Crippen LogP contribution >= 0.6 is 23.5 Å². The van der Waals surface area contributed by atoms with Crippen LogP contribution < -0.4 is 11.2 Å². The van der Waals surface area contributed by atoms with Crippen LogP contribution in [0.2, 0.25) is 0 Å². The first-order chi connectivity index (χ1) is 12.7. The van der Waals surface area contributed by atoms with Gasteiger partial charge in [-0.05, 0) is 0 Å². The number of H-pyrrole nitrogens is 1. The van der Waals surface area contributed by atoms with Crippen molar-refractivity contribution in [2.75, 3.05) is 6.61 Å². The fourth-order valence-corrected chi connectivity index (χ4v) is 5.08. The Morgan fingerprint density at radius 3 is 2.39 bits per heavy atom. The first kappa shape index (κ1) is 23.2. The Kier molecular flexibility index (Phi) is 6.93. The van der Waals surface area contributed by atoms with Crippen LogP contribution in [0.5, 0.6) is 0 Å². The van der Waals surface area contributed by atoms with E-state index in [2.05, 4.69) is 18.2 Å². The van der Waals surface area contributed by atoms with E-state index in [0.717, 1.165) is 6.20 Å². The minimum absolute atomic E-state index is 0.233. The number of ether oxygens (including phenoxy) is 1. The summed E-state index contributed by atoms with van der Waals surface area (Å²) in [4.78, 5) is 59.7. The van der Waals surface area contributed by atoms with Crippen LogP contribution in [-0.2, 0) is 31.6 Å². The van der Waals surface area contributed by atoms with Crippen LogP contribution in [-0.4, -0.2) is 58.3 Å². The predicted octanol–water partition coefficient (Wildman–Crippen LogP) is -2.08. The molecule has 6 N–H and O–H groups in total. The molecule has 1 aromatic heterocycles. The lowest BCUT2D eigenvalue weighted by Gasteiger charge is -2.19. The molecule has 0 bridgehead atoms. The fraction of sp³-hybridized carbons (Fsp3) is 0.625. The summed E-state index contributed by atoms with van der Waals surface area (Å²) in [5, 5.41) is 13.4. The number of phosphoric ester groups is 1. The number of aromatic amines is 1. The van der Waals surface area contributed by atoms with E-state index in [1.54, 1.807) is 0 Å². The zero-order valence-corrected chi connectivity index (χ0v) is 16.1. The highest BCUT2D eigenvalue weighted by Gasteiger charge is 2.43. The Hall–Kier alpha value is -1.06. The molecule has 1 fully saturated rings. The summed E-state index contributed by atoms with van der Waals surface area (Å²) in [6, 6.07) is 0. The largest absolute Gasteiger partial charge is 0.490 e. The average Bonchev–Trinajstić information content (AvgIpc) is 2.82. The highest BCUT2D eigenvalue weighted by molar-refractivity contribution is 7.66. The maximum Gasteiger partial charge on any atom is 0.490 e. The van der Waals surface area contributed by atoms with E-state index in [-0.39, 0.29) is 6.42 Å². The molecule has 0 aromatic carbocycles. The topological polar surface area (TPSA) is 257 Å². The molecule has 2 unspecified atom stereocenters. The number of nitrogens with one attached hydrogen (secondary N) is 1. The molecule has 5 atom stereocenters. The number of hydrogen-bond acceptors (Lipinski definition) is 11. The van der Waals surface area contributed by atoms with Crippen LogP contribution in [0.3, 0.4) is 0 Å². The van der Waals surface area contributed by atoms with E-state index in [1.807, 2.05) is 4.98 Å². The van der Waals surface area contributed by atoms with Crippen molar-refractivity contribution >= 4 is 23.5 Å². The molecule has 17 nitrogen and oxygen atoms in total. The standard InChI is InChI=1S/C8H14N3O14P3/c12-4-1-7(11-8(14)10-6(13)2-9-11)23-5(4)3-22-27(18,19)25-28(20,21)24-26(15,16)17/h2,4-5,7,12H,1,3H2,(H,18,19)(H,20,21)(H,10,13,14)(H2,15,16,17)/t4-,5+,7+/m0/s1. The van der Waals surface area contributed by atoms with E-state index in [9.17, 15) is 33.3 Å². The molecule has 1 saturated heterocycles. The minimum Gasteiger partial charge on any atom is -0.390 e. The molecule has 0 radical (unpaired) electrons. The van der Waals surface area contributed by atoms with Gasteiger partial charge in [-0.3, -0.25) is 14.3 Å². The van der Waals surface area contributed by atoms with Gasteiger partial charge < -0.3 is 29.4 Å². The molecule has 0 aliphatic carbocycles. The summed E-state index contributed by atoms with van der Waals surface area (Å²) >= 11 is 0. The van der Waals surface area contributed by atoms with Gasteiger partial charge in [0.1, 0.15) is 12.3 Å². The summed E-state index contributed by atoms with van der Waals surface area (Å²) in [5.74, 6) is 0. The quantitative estimate of drug-likeness (QED) is 0.223. The van der Waals surface area contributed by atoms with Crippen molar-refractivity contribution in [3.05, 3.63) is 27.0 Å². The first-order valence-electron chi connectivity index (χ1n) is 6.97. The van der Waals surface area contributed by atoms with Gasteiger partial charge in [0.05, 0.1) is 12.7 Å². The van der Waals surface area contributed by atoms with Gasteiger partial charge in [-0.1, -0.05) is 0 Å². The van der Waals surface area contributed by atoms with Crippen molar-refractivity contribution in [3.8, 4) is 0 Å². The van der Waals surface area contributed by atoms with Gasteiger partial charge in [-0.25, -0.2) is 18.5 Å². The lowest BCUT2D eigenvalue weighted by molar-refractivity contribution is -0.0497. The molecule has 1 aliphatic heterocycles. The third kappa shape index (κ3) is 6.77. The highest BCUT2D eigenvalue weighted by atomic mass is 31.3. The molecule has 2 heterocycles. The molecule has 0 amide bonds. The van der Waals surface area contributed by atoms with Crippen LogP contribution in [0, 0.1) is 0 Å². The summed E-state index contributed by atoms with van der Waals surface area (Å²) in [7, 11) is -16.6. The van der Waals surface area contributed by atoms with Gasteiger partial charge in [0.2, 0.25) is 0 Å². The monoisotopic (exact) mass is 469 g/mol. The minimum atomic E-state index is -5.68. The van der Waals surface area contributed by atoms with Gasteiger partial charge >= 0.3 is 29.2 Å². The van der Waals surface area contributed by atoms with Gasteiger partial charge in [-0.2, -0.15) is 18.4 Å². The van der Waals surface area contributed by atoms with Crippen molar-refractivity contribution in [1.82, 2.24) is 14.8 Å². The molecule has 1 aliphatic rings. The predicted molar refractivity (Wildman–Crippen MR) is 83.5 cm³/mol. The normalized spacial score (nSPS) is 27.2. The number of aromatic nitrogens is 3. The van der Waals surface area contributed by atoms with Gasteiger partial charge in [-0.15, -0.1) is 0 Å². The Labute approximate surface area is 153 Å². The van der Waals surface area contributed by atoms with E-state index in [0.29, 0.717) is 4.68 Å². The maximum atomic E-state index is 11.6. The number of aliphatic hydroxyl groups excluding tert-OH is 1. The molecule has 1 aromatic rings. The zero-order valence-electron chi connectivity index (χ0n) is 13.4. The smallest absolute Gasteiger partial charge is 0.390 e.